The number of carbonyl (C=O) groups excluding carboxylic acids is 1. The average molecular weight is 225 g/mol. The van der Waals surface area contributed by atoms with Crippen LogP contribution in [0.2, 0.25) is 0 Å². The molecule has 0 spiro atoms. The Kier molecular flexibility index (Phi) is 5.60. The first-order valence-corrected chi connectivity index (χ1v) is 5.35. The molecule has 0 saturated heterocycles. The van der Waals surface area contributed by atoms with Gasteiger partial charge in [0.25, 0.3) is 0 Å². The van der Waals surface area contributed by atoms with E-state index in [0.717, 1.165) is 5.56 Å². The average Bonchev–Trinajstić information content (AvgIpc) is 2.79. The van der Waals surface area contributed by atoms with Crippen LogP contribution in [0.4, 0.5) is 0 Å². The fourth-order valence-corrected chi connectivity index (χ4v) is 1.26. The van der Waals surface area contributed by atoms with Crippen molar-refractivity contribution >= 4 is 5.91 Å². The van der Waals surface area contributed by atoms with Gasteiger partial charge < -0.3 is 20.4 Å². The van der Waals surface area contributed by atoms with Crippen molar-refractivity contribution in [1.29, 1.82) is 0 Å². The summed E-state index contributed by atoms with van der Waals surface area (Å²) in [4.78, 5) is 14.5. The molecule has 0 aliphatic rings. The van der Waals surface area contributed by atoms with Gasteiger partial charge in [-0.05, 0) is 18.6 Å². The van der Waals surface area contributed by atoms with Gasteiger partial charge in [-0.3, -0.25) is 4.79 Å². The number of methoxy groups -OCH3 is 1. The lowest BCUT2D eigenvalue weighted by molar-refractivity contribution is -0.122. The molecule has 1 rings (SSSR count). The lowest BCUT2D eigenvalue weighted by atomic mass is 10.2. The van der Waals surface area contributed by atoms with E-state index in [1.807, 2.05) is 25.4 Å². The highest BCUT2D eigenvalue weighted by Crippen LogP contribution is 1.96. The van der Waals surface area contributed by atoms with Crippen molar-refractivity contribution in [3.8, 4) is 0 Å². The first kappa shape index (κ1) is 12.7. The highest BCUT2D eigenvalue weighted by atomic mass is 16.5. The van der Waals surface area contributed by atoms with Gasteiger partial charge in [0, 0.05) is 32.6 Å². The van der Waals surface area contributed by atoms with E-state index in [2.05, 4.69) is 15.6 Å². The quantitative estimate of drug-likeness (QED) is 0.583. The van der Waals surface area contributed by atoms with Crippen LogP contribution in [0.5, 0.6) is 0 Å². The van der Waals surface area contributed by atoms with Crippen molar-refractivity contribution in [2.75, 3.05) is 20.3 Å². The number of hydrogen-bond acceptors (Lipinski definition) is 3. The number of nitrogens with one attached hydrogen (secondary N) is 3. The van der Waals surface area contributed by atoms with Gasteiger partial charge in [0.15, 0.2) is 0 Å². The van der Waals surface area contributed by atoms with Crippen LogP contribution in [0.1, 0.15) is 12.5 Å². The van der Waals surface area contributed by atoms with Crippen LogP contribution >= 0.6 is 0 Å². The molecule has 5 heteroatoms. The molecule has 0 saturated carbocycles. The minimum absolute atomic E-state index is 0.00687. The first-order valence-electron chi connectivity index (χ1n) is 5.35. The summed E-state index contributed by atoms with van der Waals surface area (Å²) in [6.45, 7) is 3.61. The first-order chi connectivity index (χ1) is 7.74. The molecule has 0 aliphatic heterocycles. The van der Waals surface area contributed by atoms with Gasteiger partial charge in [0.1, 0.15) is 0 Å². The summed E-state index contributed by atoms with van der Waals surface area (Å²) in [6.07, 6.45) is 3.77. The van der Waals surface area contributed by atoms with Gasteiger partial charge in [-0.25, -0.2) is 0 Å². The maximum atomic E-state index is 11.5. The Morgan fingerprint density at radius 1 is 1.62 bits per heavy atom. The zero-order chi connectivity index (χ0) is 11.8. The molecule has 1 heterocycles. The highest BCUT2D eigenvalue weighted by Gasteiger charge is 2.10. The van der Waals surface area contributed by atoms with Crippen molar-refractivity contribution in [3.05, 3.63) is 24.0 Å². The number of carbonyl (C=O) groups is 1. The summed E-state index contributed by atoms with van der Waals surface area (Å²) in [6, 6.07) is 1.77. The van der Waals surface area contributed by atoms with Gasteiger partial charge in [-0.2, -0.15) is 0 Å². The molecule has 0 bridgehead atoms. The van der Waals surface area contributed by atoms with Crippen LogP contribution in [-0.2, 0) is 16.1 Å². The van der Waals surface area contributed by atoms with E-state index >= 15 is 0 Å². The summed E-state index contributed by atoms with van der Waals surface area (Å²) < 4.78 is 4.85. The third-order valence-corrected chi connectivity index (χ3v) is 2.27. The number of hydrogen-bond donors (Lipinski definition) is 3. The summed E-state index contributed by atoms with van der Waals surface area (Å²) in [5, 5.41) is 5.92. The van der Waals surface area contributed by atoms with Crippen LogP contribution in [0, 0.1) is 0 Å². The van der Waals surface area contributed by atoms with Crippen LogP contribution in [0.25, 0.3) is 0 Å². The fraction of sp³-hybridized carbons (Fsp3) is 0.545. The summed E-state index contributed by atoms with van der Waals surface area (Å²) in [7, 11) is 1.61. The van der Waals surface area contributed by atoms with Gasteiger partial charge in [0.05, 0.1) is 12.6 Å². The molecule has 1 atom stereocenters. The second kappa shape index (κ2) is 7.03. The minimum atomic E-state index is -0.202. The van der Waals surface area contributed by atoms with Crippen LogP contribution in [0.3, 0.4) is 0 Å². The maximum Gasteiger partial charge on any atom is 0.236 e. The Labute approximate surface area is 95.6 Å². The number of amides is 1. The predicted molar refractivity (Wildman–Crippen MR) is 62.0 cm³/mol. The Morgan fingerprint density at radius 3 is 3.06 bits per heavy atom. The zero-order valence-corrected chi connectivity index (χ0v) is 9.75. The number of ether oxygens (including phenoxy) is 1. The standard InChI is InChI=1S/C11H19N3O2/c1-9(11(15)13-5-6-16-2)14-8-10-3-4-12-7-10/h3-4,7,9,12,14H,5-6,8H2,1-2H3,(H,13,15). The Morgan fingerprint density at radius 2 is 2.44 bits per heavy atom. The summed E-state index contributed by atoms with van der Waals surface area (Å²) in [5.41, 5.74) is 1.14. The van der Waals surface area contributed by atoms with E-state index < -0.39 is 0 Å². The van der Waals surface area contributed by atoms with E-state index in [-0.39, 0.29) is 11.9 Å². The van der Waals surface area contributed by atoms with Gasteiger partial charge in [-0.1, -0.05) is 0 Å². The number of H-pyrrole nitrogens is 1. The molecule has 16 heavy (non-hydrogen) atoms. The van der Waals surface area contributed by atoms with Crippen molar-refractivity contribution < 1.29 is 9.53 Å². The highest BCUT2D eigenvalue weighted by molar-refractivity contribution is 5.81. The molecule has 90 valence electrons. The van der Waals surface area contributed by atoms with Crippen molar-refractivity contribution in [1.82, 2.24) is 15.6 Å². The molecule has 0 radical (unpaired) electrons. The Bertz CT molecular complexity index is 298. The van der Waals surface area contributed by atoms with Crippen molar-refractivity contribution in [2.24, 2.45) is 0 Å². The molecule has 1 amide bonds. The molecule has 1 aromatic heterocycles. The predicted octanol–water partition coefficient (Wildman–Crippen LogP) is 0.255. The monoisotopic (exact) mass is 225 g/mol. The summed E-state index contributed by atoms with van der Waals surface area (Å²) >= 11 is 0. The van der Waals surface area contributed by atoms with Gasteiger partial charge >= 0.3 is 0 Å². The van der Waals surface area contributed by atoms with Crippen LogP contribution in [-0.4, -0.2) is 37.2 Å². The minimum Gasteiger partial charge on any atom is -0.383 e. The van der Waals surface area contributed by atoms with Crippen molar-refractivity contribution in [3.63, 3.8) is 0 Å². The molecule has 3 N–H and O–H groups in total. The van der Waals surface area contributed by atoms with Gasteiger partial charge in [-0.15, -0.1) is 0 Å². The second-order valence-corrected chi connectivity index (χ2v) is 3.61. The lowest BCUT2D eigenvalue weighted by Crippen LogP contribution is -2.42. The molecule has 1 unspecified atom stereocenters. The van der Waals surface area contributed by atoms with Crippen LogP contribution in [0.15, 0.2) is 18.5 Å². The molecule has 5 nitrogen and oxygen atoms in total. The number of aromatic nitrogens is 1. The normalized spacial score (nSPS) is 12.4. The van der Waals surface area contributed by atoms with E-state index in [1.54, 1.807) is 7.11 Å². The van der Waals surface area contributed by atoms with Crippen molar-refractivity contribution in [2.45, 2.75) is 19.5 Å². The zero-order valence-electron chi connectivity index (χ0n) is 9.75. The number of aromatic amines is 1. The Balaban J connectivity index is 2.18. The summed E-state index contributed by atoms with van der Waals surface area (Å²) in [5.74, 6) is -0.00687. The topological polar surface area (TPSA) is 66.2 Å². The maximum absolute atomic E-state index is 11.5. The van der Waals surface area contributed by atoms with E-state index in [0.29, 0.717) is 19.7 Å². The molecule has 1 aromatic rings. The fourth-order valence-electron chi connectivity index (χ4n) is 1.26. The van der Waals surface area contributed by atoms with E-state index in [9.17, 15) is 4.79 Å². The van der Waals surface area contributed by atoms with E-state index in [1.165, 1.54) is 0 Å². The molecular formula is C11H19N3O2. The number of rotatable bonds is 7. The van der Waals surface area contributed by atoms with E-state index in [4.69, 9.17) is 4.74 Å². The largest absolute Gasteiger partial charge is 0.383 e. The molecule has 0 aliphatic carbocycles. The van der Waals surface area contributed by atoms with Gasteiger partial charge in [0.2, 0.25) is 5.91 Å². The lowest BCUT2D eigenvalue weighted by Gasteiger charge is -2.13. The SMILES string of the molecule is COCCNC(=O)C(C)NCc1cc[nH]c1. The van der Waals surface area contributed by atoms with Crippen LogP contribution < -0.4 is 10.6 Å². The third-order valence-electron chi connectivity index (χ3n) is 2.27. The molecule has 0 aromatic carbocycles. The molecular weight excluding hydrogens is 206 g/mol. The Hall–Kier alpha value is -1.33. The second-order valence-electron chi connectivity index (χ2n) is 3.61. The smallest absolute Gasteiger partial charge is 0.236 e. The third kappa shape index (κ3) is 4.46. The molecule has 0 fully saturated rings.